The molecule has 0 aliphatic carbocycles. The summed E-state index contributed by atoms with van der Waals surface area (Å²) in [6.45, 7) is 0. The van der Waals surface area contributed by atoms with Gasteiger partial charge in [-0.15, -0.1) is 0 Å². The molecule has 2 rings (SSSR count). The first-order valence-corrected chi connectivity index (χ1v) is 6.32. The molecule has 1 heterocycles. The zero-order chi connectivity index (χ0) is 14.5. The molecule has 20 heavy (non-hydrogen) atoms. The van der Waals surface area contributed by atoms with E-state index in [1.165, 1.54) is 30.7 Å². The second-order valence-electron chi connectivity index (χ2n) is 3.74. The van der Waals surface area contributed by atoms with Crippen molar-refractivity contribution in [3.8, 4) is 0 Å². The van der Waals surface area contributed by atoms with Gasteiger partial charge in [0.1, 0.15) is 0 Å². The van der Waals surface area contributed by atoms with Crippen molar-refractivity contribution < 1.29 is 14.1 Å². The molecule has 0 aliphatic rings. The molecule has 7 heteroatoms. The lowest BCUT2D eigenvalue weighted by Gasteiger charge is -2.03. The van der Waals surface area contributed by atoms with Crippen LogP contribution >= 0.6 is 15.9 Å². The third-order valence-corrected chi connectivity index (χ3v) is 3.06. The number of anilines is 1. The standard InChI is InChI=1S/C13H9BrN2O4/c14-10-8-9(16(18)19)3-4-11(10)15-6-5-12(17)13-2-1-7-20-13/h1-8,15H. The minimum absolute atomic E-state index is 0.0157. The van der Waals surface area contributed by atoms with Gasteiger partial charge in [-0.25, -0.2) is 0 Å². The van der Waals surface area contributed by atoms with Crippen LogP contribution < -0.4 is 5.32 Å². The highest BCUT2D eigenvalue weighted by Gasteiger charge is 2.08. The number of ketones is 1. The number of halogens is 1. The number of carbonyl (C=O) groups is 1. The summed E-state index contributed by atoms with van der Waals surface area (Å²) in [5.74, 6) is -0.0358. The topological polar surface area (TPSA) is 85.4 Å². The Labute approximate surface area is 122 Å². The van der Waals surface area contributed by atoms with E-state index < -0.39 is 4.92 Å². The number of furan rings is 1. The van der Waals surface area contributed by atoms with Crippen molar-refractivity contribution in [2.45, 2.75) is 0 Å². The van der Waals surface area contributed by atoms with Crippen molar-refractivity contribution >= 4 is 33.1 Å². The minimum Gasteiger partial charge on any atom is -0.461 e. The molecule has 1 N–H and O–H groups in total. The van der Waals surface area contributed by atoms with Gasteiger partial charge in [0.15, 0.2) is 5.76 Å². The number of nitro benzene ring substituents is 1. The molecule has 0 atom stereocenters. The normalized spacial score (nSPS) is 10.7. The highest BCUT2D eigenvalue weighted by atomic mass is 79.9. The van der Waals surface area contributed by atoms with Gasteiger partial charge >= 0.3 is 0 Å². The van der Waals surface area contributed by atoms with Crippen LogP contribution in [0.25, 0.3) is 0 Å². The summed E-state index contributed by atoms with van der Waals surface area (Å²) < 4.78 is 5.48. The average Bonchev–Trinajstić information content (AvgIpc) is 2.94. The summed E-state index contributed by atoms with van der Waals surface area (Å²) in [4.78, 5) is 21.7. The lowest BCUT2D eigenvalue weighted by molar-refractivity contribution is -0.384. The largest absolute Gasteiger partial charge is 0.461 e. The van der Waals surface area contributed by atoms with E-state index in [1.807, 2.05) is 0 Å². The van der Waals surface area contributed by atoms with Crippen LogP contribution in [0, 0.1) is 10.1 Å². The van der Waals surface area contributed by atoms with Crippen LogP contribution in [-0.4, -0.2) is 10.7 Å². The van der Waals surface area contributed by atoms with Crippen LogP contribution in [0.1, 0.15) is 10.6 Å². The van der Waals surface area contributed by atoms with E-state index in [0.29, 0.717) is 10.2 Å². The molecule has 0 aliphatic heterocycles. The third kappa shape index (κ3) is 3.33. The van der Waals surface area contributed by atoms with E-state index in [2.05, 4.69) is 21.2 Å². The highest BCUT2D eigenvalue weighted by molar-refractivity contribution is 9.10. The molecule has 1 aromatic carbocycles. The Kier molecular flexibility index (Phi) is 4.31. The summed E-state index contributed by atoms with van der Waals surface area (Å²) in [6, 6.07) is 7.49. The Morgan fingerprint density at radius 2 is 2.20 bits per heavy atom. The molecule has 0 fully saturated rings. The van der Waals surface area contributed by atoms with Crippen molar-refractivity contribution in [2.24, 2.45) is 0 Å². The van der Waals surface area contributed by atoms with Gasteiger partial charge in [0.05, 0.1) is 16.9 Å². The summed E-state index contributed by atoms with van der Waals surface area (Å²) in [5.41, 5.74) is 0.595. The van der Waals surface area contributed by atoms with Crippen molar-refractivity contribution in [2.75, 3.05) is 5.32 Å². The quantitative estimate of drug-likeness (QED) is 0.389. The zero-order valence-electron chi connectivity index (χ0n) is 10.1. The number of nitro groups is 1. The fraction of sp³-hybridized carbons (Fsp3) is 0. The van der Waals surface area contributed by atoms with Crippen LogP contribution in [0.2, 0.25) is 0 Å². The lowest BCUT2D eigenvalue weighted by atomic mass is 10.3. The maximum Gasteiger partial charge on any atom is 0.270 e. The fourth-order valence-corrected chi connectivity index (χ4v) is 1.92. The third-order valence-electron chi connectivity index (χ3n) is 2.40. The van der Waals surface area contributed by atoms with E-state index in [4.69, 9.17) is 4.42 Å². The summed E-state index contributed by atoms with van der Waals surface area (Å²) in [7, 11) is 0. The van der Waals surface area contributed by atoms with Gasteiger partial charge in [0.25, 0.3) is 5.69 Å². The number of allylic oxidation sites excluding steroid dienone is 1. The number of hydrogen-bond acceptors (Lipinski definition) is 5. The molecule has 0 spiro atoms. The van der Waals surface area contributed by atoms with Crippen LogP contribution in [0.5, 0.6) is 0 Å². The van der Waals surface area contributed by atoms with Crippen LogP contribution in [0.4, 0.5) is 11.4 Å². The molecular formula is C13H9BrN2O4. The van der Waals surface area contributed by atoms with E-state index in [9.17, 15) is 14.9 Å². The van der Waals surface area contributed by atoms with E-state index in [1.54, 1.807) is 18.2 Å². The zero-order valence-corrected chi connectivity index (χ0v) is 11.7. The second-order valence-corrected chi connectivity index (χ2v) is 4.59. The Balaban J connectivity index is 2.04. The molecule has 0 saturated heterocycles. The summed E-state index contributed by atoms with van der Waals surface area (Å²) in [5, 5.41) is 13.5. The molecular weight excluding hydrogens is 328 g/mol. The van der Waals surface area contributed by atoms with E-state index in [0.717, 1.165) is 0 Å². The Morgan fingerprint density at radius 1 is 1.40 bits per heavy atom. The number of carbonyl (C=O) groups excluding carboxylic acids is 1. The number of nitrogens with zero attached hydrogens (tertiary/aromatic N) is 1. The monoisotopic (exact) mass is 336 g/mol. The number of rotatable bonds is 5. The van der Waals surface area contributed by atoms with Crippen molar-refractivity contribution in [3.63, 3.8) is 0 Å². The maximum atomic E-state index is 11.6. The first-order chi connectivity index (χ1) is 9.58. The second kappa shape index (κ2) is 6.16. The summed E-state index contributed by atoms with van der Waals surface area (Å²) in [6.07, 6.45) is 4.17. The Morgan fingerprint density at radius 3 is 2.80 bits per heavy atom. The van der Waals surface area contributed by atoms with Gasteiger partial charge in [-0.3, -0.25) is 14.9 Å². The Hall–Kier alpha value is -2.41. The first-order valence-electron chi connectivity index (χ1n) is 5.53. The molecule has 102 valence electrons. The number of hydrogen-bond donors (Lipinski definition) is 1. The molecule has 2 aromatic rings. The smallest absolute Gasteiger partial charge is 0.270 e. The van der Waals surface area contributed by atoms with Gasteiger partial charge in [-0.05, 0) is 34.1 Å². The number of non-ortho nitro benzene ring substituents is 1. The van der Waals surface area contributed by atoms with E-state index in [-0.39, 0.29) is 17.2 Å². The summed E-state index contributed by atoms with van der Waals surface area (Å²) >= 11 is 3.22. The number of benzene rings is 1. The van der Waals surface area contributed by atoms with Gasteiger partial charge in [0.2, 0.25) is 5.78 Å². The van der Waals surface area contributed by atoms with Crippen LogP contribution in [0.15, 0.2) is 57.8 Å². The number of nitrogens with one attached hydrogen (secondary N) is 1. The first kappa shape index (κ1) is 14.0. The molecule has 0 saturated carbocycles. The Bertz CT molecular complexity index is 665. The van der Waals surface area contributed by atoms with Gasteiger partial charge in [-0.2, -0.15) is 0 Å². The minimum atomic E-state index is -0.481. The predicted molar refractivity (Wildman–Crippen MR) is 76.6 cm³/mol. The molecule has 0 unspecified atom stereocenters. The SMILES string of the molecule is O=C(C=CNc1ccc([N+](=O)[O-])cc1Br)c1ccco1. The van der Waals surface area contributed by atoms with Crippen molar-refractivity contribution in [1.82, 2.24) is 0 Å². The van der Waals surface area contributed by atoms with Gasteiger partial charge in [0, 0.05) is 28.9 Å². The molecule has 6 nitrogen and oxygen atoms in total. The fourth-order valence-electron chi connectivity index (χ4n) is 1.44. The molecule has 1 aromatic heterocycles. The molecule has 0 bridgehead atoms. The van der Waals surface area contributed by atoms with Crippen LogP contribution in [-0.2, 0) is 0 Å². The van der Waals surface area contributed by atoms with Gasteiger partial charge < -0.3 is 9.73 Å². The average molecular weight is 337 g/mol. The molecule has 0 amide bonds. The van der Waals surface area contributed by atoms with Gasteiger partial charge in [-0.1, -0.05) is 0 Å². The molecule has 0 radical (unpaired) electrons. The highest BCUT2D eigenvalue weighted by Crippen LogP contribution is 2.27. The maximum absolute atomic E-state index is 11.6. The van der Waals surface area contributed by atoms with Crippen LogP contribution in [0.3, 0.4) is 0 Å². The predicted octanol–water partition coefficient (Wildman–Crippen LogP) is 3.76. The van der Waals surface area contributed by atoms with Crippen molar-refractivity contribution in [3.05, 3.63) is 69.2 Å². The van der Waals surface area contributed by atoms with Crippen molar-refractivity contribution in [1.29, 1.82) is 0 Å². The lowest BCUT2D eigenvalue weighted by Crippen LogP contribution is -1.95. The van der Waals surface area contributed by atoms with E-state index >= 15 is 0 Å².